The van der Waals surface area contributed by atoms with Crippen LogP contribution in [-0.2, 0) is 14.4 Å². The Kier molecular flexibility index (Phi) is 9.91. The van der Waals surface area contributed by atoms with E-state index in [1.54, 1.807) is 0 Å². The van der Waals surface area contributed by atoms with E-state index < -0.39 is 17.9 Å². The average Bonchev–Trinajstić information content (AvgIpc) is 2.81. The second-order valence-corrected chi connectivity index (χ2v) is 8.25. The summed E-state index contributed by atoms with van der Waals surface area (Å²) < 4.78 is 5.97. The fourth-order valence-electron chi connectivity index (χ4n) is 3.23. The van der Waals surface area contributed by atoms with Crippen LogP contribution in [0.25, 0.3) is 0 Å². The molecule has 0 aromatic heterocycles. The largest absolute Gasteiger partial charge is 0.480 e. The highest BCUT2D eigenvalue weighted by atomic mass is 16.5. The monoisotopic (exact) mass is 453 g/mol. The summed E-state index contributed by atoms with van der Waals surface area (Å²) in [5, 5.41) is 2.78. The summed E-state index contributed by atoms with van der Waals surface area (Å²) in [7, 11) is 0. The SMILES string of the molecule is CCC(Oc1ccccc1C(C)CC)C(=O)NNC(=O)CCC(=O)Nc1ccc(C)c(C)c1. The molecule has 7 heteroatoms. The maximum atomic E-state index is 12.5. The zero-order chi connectivity index (χ0) is 24.4. The number of carbonyl (C=O) groups is 3. The van der Waals surface area contributed by atoms with Gasteiger partial charge in [-0.1, -0.05) is 45.0 Å². The highest BCUT2D eigenvalue weighted by Gasteiger charge is 2.21. The molecule has 0 fully saturated rings. The van der Waals surface area contributed by atoms with Crippen molar-refractivity contribution in [1.29, 1.82) is 0 Å². The first-order valence-corrected chi connectivity index (χ1v) is 11.5. The number of carbonyl (C=O) groups excluding carboxylic acids is 3. The molecule has 3 amide bonds. The van der Waals surface area contributed by atoms with Crippen molar-refractivity contribution in [3.63, 3.8) is 0 Å². The summed E-state index contributed by atoms with van der Waals surface area (Å²) in [5.74, 6) is -0.186. The third-order valence-electron chi connectivity index (χ3n) is 5.69. The predicted molar refractivity (Wildman–Crippen MR) is 130 cm³/mol. The summed E-state index contributed by atoms with van der Waals surface area (Å²) in [6.07, 6.45) is 0.602. The van der Waals surface area contributed by atoms with Gasteiger partial charge in [0.25, 0.3) is 5.91 Å². The lowest BCUT2D eigenvalue weighted by Gasteiger charge is -2.21. The second kappa shape index (κ2) is 12.6. The van der Waals surface area contributed by atoms with Gasteiger partial charge < -0.3 is 10.1 Å². The molecule has 0 radical (unpaired) electrons. The molecule has 7 nitrogen and oxygen atoms in total. The van der Waals surface area contributed by atoms with Gasteiger partial charge in [-0.3, -0.25) is 25.2 Å². The van der Waals surface area contributed by atoms with E-state index in [0.717, 1.165) is 23.1 Å². The summed E-state index contributed by atoms with van der Waals surface area (Å²) in [4.78, 5) is 36.8. The summed E-state index contributed by atoms with van der Waals surface area (Å²) in [5.41, 5.74) is 8.73. The first-order chi connectivity index (χ1) is 15.7. The fraction of sp³-hybridized carbons (Fsp3) is 0.423. The number of amides is 3. The lowest BCUT2D eigenvalue weighted by molar-refractivity contribution is -0.133. The molecule has 178 valence electrons. The number of benzene rings is 2. The van der Waals surface area contributed by atoms with Gasteiger partial charge in [0.15, 0.2) is 6.10 Å². The molecule has 2 aromatic rings. The first-order valence-electron chi connectivity index (χ1n) is 11.5. The topological polar surface area (TPSA) is 96.5 Å². The van der Waals surface area contributed by atoms with E-state index in [4.69, 9.17) is 4.74 Å². The van der Waals surface area contributed by atoms with Crippen LogP contribution in [-0.4, -0.2) is 23.8 Å². The molecule has 2 rings (SSSR count). The van der Waals surface area contributed by atoms with Gasteiger partial charge in [0.1, 0.15) is 5.75 Å². The van der Waals surface area contributed by atoms with Gasteiger partial charge in [-0.2, -0.15) is 0 Å². The van der Waals surface area contributed by atoms with Crippen LogP contribution in [0.15, 0.2) is 42.5 Å². The predicted octanol–water partition coefficient (Wildman–Crippen LogP) is 4.54. The van der Waals surface area contributed by atoms with E-state index in [-0.39, 0.29) is 18.7 Å². The fourth-order valence-corrected chi connectivity index (χ4v) is 3.23. The van der Waals surface area contributed by atoms with Crippen LogP contribution in [0.4, 0.5) is 5.69 Å². The Balaban J connectivity index is 1.82. The molecular weight excluding hydrogens is 418 g/mol. The number of hydrogen-bond acceptors (Lipinski definition) is 4. The number of para-hydroxylation sites is 1. The molecule has 0 aliphatic carbocycles. The second-order valence-electron chi connectivity index (χ2n) is 8.25. The zero-order valence-corrected chi connectivity index (χ0v) is 20.2. The highest BCUT2D eigenvalue weighted by Crippen LogP contribution is 2.29. The molecule has 0 aliphatic rings. The van der Waals surface area contributed by atoms with Crippen molar-refractivity contribution in [2.24, 2.45) is 0 Å². The van der Waals surface area contributed by atoms with Crippen molar-refractivity contribution in [3.8, 4) is 5.75 Å². The molecular formula is C26H35N3O4. The average molecular weight is 454 g/mol. The van der Waals surface area contributed by atoms with E-state index in [2.05, 4.69) is 30.0 Å². The number of hydrazine groups is 1. The van der Waals surface area contributed by atoms with Gasteiger partial charge in [0.05, 0.1) is 0 Å². The van der Waals surface area contributed by atoms with E-state index in [9.17, 15) is 14.4 Å². The van der Waals surface area contributed by atoms with E-state index in [0.29, 0.717) is 23.8 Å². The van der Waals surface area contributed by atoms with Crippen molar-refractivity contribution < 1.29 is 19.1 Å². The first kappa shape index (κ1) is 25.9. The Morgan fingerprint density at radius 2 is 1.58 bits per heavy atom. The molecule has 0 heterocycles. The number of aryl methyl sites for hydroxylation is 2. The van der Waals surface area contributed by atoms with Crippen LogP contribution in [0.5, 0.6) is 5.75 Å². The third kappa shape index (κ3) is 7.93. The van der Waals surface area contributed by atoms with Gasteiger partial charge >= 0.3 is 0 Å². The minimum absolute atomic E-state index is 0.00458. The van der Waals surface area contributed by atoms with Gasteiger partial charge in [-0.15, -0.1) is 0 Å². The molecule has 0 saturated carbocycles. The van der Waals surface area contributed by atoms with Crippen LogP contribution in [0.2, 0.25) is 0 Å². The molecule has 2 unspecified atom stereocenters. The van der Waals surface area contributed by atoms with Crippen LogP contribution < -0.4 is 20.9 Å². The minimum Gasteiger partial charge on any atom is -0.480 e. The molecule has 0 spiro atoms. The maximum absolute atomic E-state index is 12.5. The minimum atomic E-state index is -0.747. The summed E-state index contributed by atoms with van der Waals surface area (Å²) in [6, 6.07) is 13.3. The number of hydrogen-bond donors (Lipinski definition) is 3. The Labute approximate surface area is 196 Å². The van der Waals surface area contributed by atoms with Gasteiger partial charge in [0.2, 0.25) is 11.8 Å². The van der Waals surface area contributed by atoms with E-state index in [1.807, 2.05) is 63.2 Å². The van der Waals surface area contributed by atoms with E-state index >= 15 is 0 Å². The third-order valence-corrected chi connectivity index (χ3v) is 5.69. The Morgan fingerprint density at radius 1 is 0.879 bits per heavy atom. The maximum Gasteiger partial charge on any atom is 0.279 e. The number of ether oxygens (including phenoxy) is 1. The Morgan fingerprint density at radius 3 is 2.24 bits per heavy atom. The molecule has 2 atom stereocenters. The van der Waals surface area contributed by atoms with Crippen molar-refractivity contribution in [1.82, 2.24) is 10.9 Å². The number of nitrogens with one attached hydrogen (secondary N) is 3. The van der Waals surface area contributed by atoms with Crippen molar-refractivity contribution >= 4 is 23.4 Å². The summed E-state index contributed by atoms with van der Waals surface area (Å²) >= 11 is 0. The van der Waals surface area contributed by atoms with Crippen molar-refractivity contribution in [3.05, 3.63) is 59.2 Å². The van der Waals surface area contributed by atoms with Crippen LogP contribution in [0.1, 0.15) is 69.1 Å². The van der Waals surface area contributed by atoms with E-state index in [1.165, 1.54) is 0 Å². The van der Waals surface area contributed by atoms with Gasteiger partial charge in [-0.05, 0) is 67.5 Å². The normalized spacial score (nSPS) is 12.4. The number of rotatable bonds is 10. The van der Waals surface area contributed by atoms with Gasteiger partial charge in [-0.25, -0.2) is 0 Å². The smallest absolute Gasteiger partial charge is 0.279 e. The highest BCUT2D eigenvalue weighted by molar-refractivity contribution is 5.93. The molecule has 0 saturated heterocycles. The van der Waals surface area contributed by atoms with Crippen LogP contribution in [0, 0.1) is 13.8 Å². The van der Waals surface area contributed by atoms with Gasteiger partial charge in [0, 0.05) is 18.5 Å². The number of anilines is 1. The zero-order valence-electron chi connectivity index (χ0n) is 20.2. The Bertz CT molecular complexity index is 974. The van der Waals surface area contributed by atoms with Crippen LogP contribution >= 0.6 is 0 Å². The lowest BCUT2D eigenvalue weighted by Crippen LogP contribution is -2.48. The van der Waals surface area contributed by atoms with Crippen molar-refractivity contribution in [2.45, 2.75) is 72.3 Å². The van der Waals surface area contributed by atoms with Crippen molar-refractivity contribution in [2.75, 3.05) is 5.32 Å². The standard InChI is InChI=1S/C26H35N3O4/c1-6-17(3)21-10-8-9-11-23(21)33-22(7-2)26(32)29-28-25(31)15-14-24(30)27-20-13-12-18(4)19(5)16-20/h8-13,16-17,22H,6-7,14-15H2,1-5H3,(H,27,30)(H,28,31)(H,29,32). The molecule has 2 aromatic carbocycles. The molecule has 3 N–H and O–H groups in total. The molecule has 0 bridgehead atoms. The molecule has 33 heavy (non-hydrogen) atoms. The molecule has 0 aliphatic heterocycles. The summed E-state index contributed by atoms with van der Waals surface area (Å²) in [6.45, 7) is 10.0. The van der Waals surface area contributed by atoms with Crippen LogP contribution in [0.3, 0.4) is 0 Å². The Hall–Kier alpha value is -3.35. The quantitative estimate of drug-likeness (QED) is 0.460. The lowest BCUT2D eigenvalue weighted by atomic mass is 9.98.